The molecule has 6 rings (SSSR count). The topological polar surface area (TPSA) is 146 Å². The SMILES string of the molecule is CC[C@@H](c1cc2scc(C)n2c(=O)c1-c1cccc(F)c1)n1nc(-c2ccc(OC)c(NS(C)(=O)=O)c2)c2c(N)ncnc21. The van der Waals surface area contributed by atoms with Crippen molar-refractivity contribution in [2.24, 2.45) is 0 Å². The lowest BCUT2D eigenvalue weighted by atomic mass is 9.95. The van der Waals surface area contributed by atoms with E-state index in [-0.39, 0.29) is 17.1 Å². The Hall–Kier alpha value is -4.82. The number of rotatable bonds is 8. The van der Waals surface area contributed by atoms with Crippen molar-refractivity contribution in [3.63, 3.8) is 0 Å². The summed E-state index contributed by atoms with van der Waals surface area (Å²) in [5.74, 6) is 0.0333. The van der Waals surface area contributed by atoms with Crippen LogP contribution in [0.5, 0.6) is 5.75 Å². The molecule has 0 amide bonds. The highest BCUT2D eigenvalue weighted by Gasteiger charge is 2.27. The summed E-state index contributed by atoms with van der Waals surface area (Å²) in [6, 6.07) is 12.3. The lowest BCUT2D eigenvalue weighted by Gasteiger charge is -2.21. The van der Waals surface area contributed by atoms with E-state index in [1.807, 2.05) is 25.3 Å². The first-order valence-electron chi connectivity index (χ1n) is 13.5. The Bertz CT molecular complexity index is 2240. The molecule has 44 heavy (non-hydrogen) atoms. The number of nitrogen functional groups attached to an aromatic ring is 1. The number of hydrogen-bond donors (Lipinski definition) is 2. The van der Waals surface area contributed by atoms with Gasteiger partial charge in [0.15, 0.2) is 5.65 Å². The van der Waals surface area contributed by atoms with Gasteiger partial charge in [0.1, 0.15) is 34.2 Å². The molecule has 0 aliphatic carbocycles. The van der Waals surface area contributed by atoms with Crippen LogP contribution in [0.1, 0.15) is 30.6 Å². The van der Waals surface area contributed by atoms with Gasteiger partial charge in [0.2, 0.25) is 10.0 Å². The maximum Gasteiger partial charge on any atom is 0.264 e. The summed E-state index contributed by atoms with van der Waals surface area (Å²) in [5, 5.41) is 7.32. The number of anilines is 2. The fraction of sp³-hybridized carbons (Fsp3) is 0.200. The van der Waals surface area contributed by atoms with E-state index in [1.165, 1.54) is 36.9 Å². The average molecular weight is 634 g/mol. The second kappa shape index (κ2) is 11.0. The standard InChI is InChI=1S/C30H28FN7O4S2/c1-5-22(20-13-24-37(16(2)14-43-24)30(39)25(20)17-7-6-8-19(31)11-17)38-29-26(28(32)33-15-34-29)27(35-38)18-9-10-23(42-3)21(12-18)36-44(4,40)41/h6-15,22,36H,5H2,1-4H3,(H2,32,33,34)/t22-/m0/s1. The summed E-state index contributed by atoms with van der Waals surface area (Å²) in [5.41, 5.74) is 9.92. The van der Waals surface area contributed by atoms with Gasteiger partial charge in [-0.25, -0.2) is 27.5 Å². The first-order valence-corrected chi connectivity index (χ1v) is 16.3. The molecule has 0 aliphatic heterocycles. The molecule has 0 fully saturated rings. The lowest BCUT2D eigenvalue weighted by Crippen LogP contribution is -2.22. The molecule has 0 aliphatic rings. The number of methoxy groups -OCH3 is 1. The highest BCUT2D eigenvalue weighted by Crippen LogP contribution is 2.39. The number of aromatic nitrogens is 5. The molecule has 226 valence electrons. The molecule has 6 aromatic rings. The number of hydrogen-bond acceptors (Lipinski definition) is 9. The van der Waals surface area contributed by atoms with E-state index in [9.17, 15) is 17.6 Å². The van der Waals surface area contributed by atoms with Gasteiger partial charge in [-0.3, -0.25) is 13.9 Å². The maximum absolute atomic E-state index is 14.5. The Morgan fingerprint density at radius 1 is 1.14 bits per heavy atom. The Kier molecular flexibility index (Phi) is 7.33. The zero-order chi connectivity index (χ0) is 31.3. The van der Waals surface area contributed by atoms with Crippen LogP contribution in [0.4, 0.5) is 15.9 Å². The summed E-state index contributed by atoms with van der Waals surface area (Å²) >= 11 is 1.44. The van der Waals surface area contributed by atoms with Crippen LogP contribution in [0, 0.1) is 12.7 Å². The van der Waals surface area contributed by atoms with Gasteiger partial charge in [0.25, 0.3) is 5.56 Å². The Balaban J connectivity index is 1.63. The Morgan fingerprint density at radius 3 is 2.64 bits per heavy atom. The monoisotopic (exact) mass is 633 g/mol. The Labute approximate surface area is 255 Å². The minimum Gasteiger partial charge on any atom is -0.495 e. The molecular weight excluding hydrogens is 606 g/mol. The molecule has 0 saturated carbocycles. The number of aryl methyl sites for hydroxylation is 1. The number of ether oxygens (including phenoxy) is 1. The Morgan fingerprint density at radius 2 is 1.93 bits per heavy atom. The van der Waals surface area contributed by atoms with Gasteiger partial charge in [0.05, 0.1) is 36.0 Å². The fourth-order valence-electron chi connectivity index (χ4n) is 5.50. The van der Waals surface area contributed by atoms with Crippen molar-refractivity contribution in [3.8, 4) is 28.1 Å². The number of pyridine rings is 1. The average Bonchev–Trinajstić information content (AvgIpc) is 3.54. The number of nitrogens with two attached hydrogens (primary N) is 1. The summed E-state index contributed by atoms with van der Waals surface area (Å²) in [4.78, 5) is 23.5. The van der Waals surface area contributed by atoms with Crippen molar-refractivity contribution in [1.29, 1.82) is 0 Å². The second-order valence-corrected chi connectivity index (χ2v) is 12.9. The van der Waals surface area contributed by atoms with Crippen LogP contribution in [0.3, 0.4) is 0 Å². The summed E-state index contributed by atoms with van der Waals surface area (Å²) < 4.78 is 49.8. The van der Waals surface area contributed by atoms with Crippen molar-refractivity contribution in [2.45, 2.75) is 26.3 Å². The predicted molar refractivity (Wildman–Crippen MR) is 170 cm³/mol. The van der Waals surface area contributed by atoms with Crippen molar-refractivity contribution >= 4 is 48.7 Å². The fourth-order valence-corrected chi connectivity index (χ4v) is 6.98. The summed E-state index contributed by atoms with van der Waals surface area (Å²) in [7, 11) is -2.19. The third-order valence-corrected chi connectivity index (χ3v) is 8.94. The van der Waals surface area contributed by atoms with E-state index in [2.05, 4.69) is 14.7 Å². The van der Waals surface area contributed by atoms with Crippen molar-refractivity contribution in [2.75, 3.05) is 23.8 Å². The molecule has 0 spiro atoms. The van der Waals surface area contributed by atoms with Crippen LogP contribution < -0.4 is 20.8 Å². The van der Waals surface area contributed by atoms with E-state index in [1.54, 1.807) is 39.4 Å². The molecule has 4 aromatic heterocycles. The van der Waals surface area contributed by atoms with E-state index < -0.39 is 21.9 Å². The number of nitrogens with one attached hydrogen (secondary N) is 1. The van der Waals surface area contributed by atoms with Crippen molar-refractivity contribution < 1.29 is 17.5 Å². The van der Waals surface area contributed by atoms with E-state index in [0.29, 0.717) is 51.2 Å². The van der Waals surface area contributed by atoms with Crippen LogP contribution in [-0.2, 0) is 10.0 Å². The van der Waals surface area contributed by atoms with Gasteiger partial charge < -0.3 is 10.5 Å². The third kappa shape index (κ3) is 5.05. The maximum atomic E-state index is 14.5. The van der Waals surface area contributed by atoms with Crippen molar-refractivity contribution in [3.05, 3.63) is 87.7 Å². The zero-order valence-corrected chi connectivity index (χ0v) is 25.8. The lowest BCUT2D eigenvalue weighted by molar-refractivity contribution is 0.417. The molecule has 0 bridgehead atoms. The first kappa shape index (κ1) is 29.3. The first-order chi connectivity index (χ1) is 21.0. The molecule has 0 saturated heterocycles. The third-order valence-electron chi connectivity index (χ3n) is 7.35. The van der Waals surface area contributed by atoms with Crippen LogP contribution >= 0.6 is 11.3 Å². The van der Waals surface area contributed by atoms with Crippen LogP contribution in [0.15, 0.2) is 65.0 Å². The zero-order valence-electron chi connectivity index (χ0n) is 24.2. The number of nitrogens with zero attached hydrogens (tertiary/aromatic N) is 5. The van der Waals surface area contributed by atoms with Gasteiger partial charge in [-0.05, 0) is 60.9 Å². The van der Waals surface area contributed by atoms with Crippen LogP contribution in [0.2, 0.25) is 0 Å². The highest BCUT2D eigenvalue weighted by molar-refractivity contribution is 7.92. The minimum absolute atomic E-state index is 0.175. The minimum atomic E-state index is -3.62. The van der Waals surface area contributed by atoms with Gasteiger partial charge in [0, 0.05) is 16.6 Å². The molecule has 0 unspecified atom stereocenters. The van der Waals surface area contributed by atoms with Crippen LogP contribution in [-0.4, -0.2) is 45.9 Å². The van der Waals surface area contributed by atoms with Crippen molar-refractivity contribution in [1.82, 2.24) is 24.1 Å². The quantitative estimate of drug-likeness (QED) is 0.231. The normalized spacial score (nSPS) is 12.6. The molecular formula is C30H28FN7O4S2. The summed E-state index contributed by atoms with van der Waals surface area (Å²) in [6.07, 6.45) is 2.88. The van der Waals surface area contributed by atoms with Gasteiger partial charge >= 0.3 is 0 Å². The number of benzene rings is 2. The molecule has 2 aromatic carbocycles. The molecule has 3 N–H and O–H groups in total. The van der Waals surface area contributed by atoms with E-state index >= 15 is 0 Å². The number of sulfonamides is 1. The molecule has 4 heterocycles. The molecule has 0 radical (unpaired) electrons. The molecule has 1 atom stereocenters. The second-order valence-electron chi connectivity index (χ2n) is 10.3. The predicted octanol–water partition coefficient (Wildman–Crippen LogP) is 5.24. The van der Waals surface area contributed by atoms with E-state index in [0.717, 1.165) is 16.8 Å². The molecule has 11 nitrogen and oxygen atoms in total. The highest BCUT2D eigenvalue weighted by atomic mass is 32.2. The summed E-state index contributed by atoms with van der Waals surface area (Å²) in [6.45, 7) is 3.81. The van der Waals surface area contributed by atoms with E-state index in [4.69, 9.17) is 15.6 Å². The number of halogens is 1. The molecule has 14 heteroatoms. The van der Waals surface area contributed by atoms with Crippen LogP contribution in [0.25, 0.3) is 38.2 Å². The largest absolute Gasteiger partial charge is 0.495 e. The van der Waals surface area contributed by atoms with Gasteiger partial charge in [-0.2, -0.15) is 5.10 Å². The number of fused-ring (bicyclic) bond motifs is 2. The number of thiazole rings is 1. The van der Waals surface area contributed by atoms with Gasteiger partial charge in [-0.15, -0.1) is 11.3 Å². The van der Waals surface area contributed by atoms with Gasteiger partial charge in [-0.1, -0.05) is 19.1 Å². The smallest absolute Gasteiger partial charge is 0.264 e.